The molecular weight excluding hydrogens is 250 g/mol. The Kier molecular flexibility index (Phi) is 24.9. The third-order valence-corrected chi connectivity index (χ3v) is 0. The zero-order valence-corrected chi connectivity index (χ0v) is 7.68. The van der Waals surface area contributed by atoms with Crippen LogP contribution in [0, 0.1) is 5.92 Å². The van der Waals surface area contributed by atoms with Gasteiger partial charge in [-0.3, -0.25) is 0 Å². The first-order valence-electron chi connectivity index (χ1n) is 1.50. The van der Waals surface area contributed by atoms with Crippen LogP contribution in [0.1, 0.15) is 20.8 Å². The van der Waals surface area contributed by atoms with Crippen LogP contribution in [0.5, 0.6) is 0 Å². The molecule has 0 heterocycles. The van der Waals surface area contributed by atoms with Crippen LogP contribution in [0.25, 0.3) is 0 Å². The molecule has 0 N–H and O–H groups in total. The van der Waals surface area contributed by atoms with Gasteiger partial charge in [-0.15, -0.1) is 0 Å². The molecule has 0 amide bonds. The molecule has 0 bridgehead atoms. The van der Waals surface area contributed by atoms with Crippen molar-refractivity contribution in [1.29, 1.82) is 0 Å². The standard InChI is InChI=1S/C4H9.2Ru/c1-4(2)3;;/h1-3H3;;/q-1;;+1. The Morgan fingerprint density at radius 1 is 1.00 bits per heavy atom. The second kappa shape index (κ2) is 9.54. The van der Waals surface area contributed by atoms with E-state index in [4.69, 9.17) is 0 Å². The van der Waals surface area contributed by atoms with Crippen LogP contribution in [0.2, 0.25) is 0 Å². The molecule has 0 aromatic carbocycles. The fraction of sp³-hybridized carbons (Fsp3) is 0.750. The van der Waals surface area contributed by atoms with E-state index in [0.29, 0.717) is 0 Å². The van der Waals surface area contributed by atoms with Gasteiger partial charge in [-0.1, -0.05) is 0 Å². The van der Waals surface area contributed by atoms with Crippen LogP contribution in [0.15, 0.2) is 0 Å². The number of hydrogen-bond donors (Lipinski definition) is 0. The zero-order valence-electron chi connectivity index (χ0n) is 4.21. The van der Waals surface area contributed by atoms with Gasteiger partial charge in [-0.25, -0.2) is 0 Å². The van der Waals surface area contributed by atoms with Crippen molar-refractivity contribution in [2.45, 2.75) is 20.8 Å². The molecule has 41 valence electrons. The average molecular weight is 259 g/mol. The molecule has 1 radical (unpaired) electrons. The first-order chi connectivity index (χ1) is 1.73. The van der Waals surface area contributed by atoms with Crippen molar-refractivity contribution < 1.29 is 39.0 Å². The van der Waals surface area contributed by atoms with Crippen molar-refractivity contribution in [2.24, 2.45) is 0 Å². The van der Waals surface area contributed by atoms with E-state index in [-0.39, 0.29) is 39.0 Å². The predicted octanol–water partition coefficient (Wildman–Crippen LogP) is 1.62. The summed E-state index contributed by atoms with van der Waals surface area (Å²) in [5.41, 5.74) is 0. The molecular formula is C4H9Ru2. The average Bonchev–Trinajstić information content (AvgIpc) is 0.811. The SMILES string of the molecule is C[C-](C)C.[Ru+].[Ru]. The summed E-state index contributed by atoms with van der Waals surface area (Å²) >= 11 is 0. The van der Waals surface area contributed by atoms with Crippen LogP contribution in [0.3, 0.4) is 0 Å². The van der Waals surface area contributed by atoms with Crippen molar-refractivity contribution >= 4 is 0 Å². The maximum atomic E-state index is 2.08. The summed E-state index contributed by atoms with van der Waals surface area (Å²) in [6.45, 7) is 6.25. The van der Waals surface area contributed by atoms with Crippen molar-refractivity contribution in [1.82, 2.24) is 0 Å². The molecule has 0 unspecified atom stereocenters. The van der Waals surface area contributed by atoms with Crippen LogP contribution in [-0.2, 0) is 39.0 Å². The molecule has 0 aliphatic rings. The Hall–Kier alpha value is 1.25. The fourth-order valence-corrected chi connectivity index (χ4v) is 0. The number of hydrogen-bond acceptors (Lipinski definition) is 0. The Bertz CT molecular complexity index is 10.3. The predicted molar refractivity (Wildman–Crippen MR) is 20.3 cm³/mol. The van der Waals surface area contributed by atoms with E-state index in [1.807, 2.05) is 0 Å². The Labute approximate surface area is 65.6 Å². The van der Waals surface area contributed by atoms with E-state index in [2.05, 4.69) is 20.8 Å². The quantitative estimate of drug-likeness (QED) is 0.458. The van der Waals surface area contributed by atoms with Crippen LogP contribution in [-0.4, -0.2) is 0 Å². The third-order valence-electron chi connectivity index (χ3n) is 0. The van der Waals surface area contributed by atoms with E-state index in [1.165, 1.54) is 5.92 Å². The van der Waals surface area contributed by atoms with Gasteiger partial charge in [-0.05, 0) is 0 Å². The molecule has 0 aromatic heterocycles. The molecule has 0 fully saturated rings. The van der Waals surface area contributed by atoms with Gasteiger partial charge in [0.2, 0.25) is 0 Å². The van der Waals surface area contributed by atoms with Crippen molar-refractivity contribution in [3.63, 3.8) is 0 Å². The maximum absolute atomic E-state index is 2.08. The minimum atomic E-state index is 0. The van der Waals surface area contributed by atoms with Gasteiger partial charge in [0.25, 0.3) is 0 Å². The maximum Gasteiger partial charge on any atom is 1.00 e. The normalized spacial score (nSPS) is 6.00. The molecule has 0 aromatic rings. The summed E-state index contributed by atoms with van der Waals surface area (Å²) < 4.78 is 0. The summed E-state index contributed by atoms with van der Waals surface area (Å²) in [5, 5.41) is 0. The van der Waals surface area contributed by atoms with Gasteiger partial charge < -0.3 is 5.92 Å². The molecule has 0 aliphatic carbocycles. The molecule has 2 heteroatoms. The van der Waals surface area contributed by atoms with Gasteiger partial charge in [0.05, 0.1) is 0 Å². The van der Waals surface area contributed by atoms with Crippen LogP contribution in [0.4, 0.5) is 0 Å². The van der Waals surface area contributed by atoms with Crippen molar-refractivity contribution in [2.75, 3.05) is 0 Å². The van der Waals surface area contributed by atoms with Crippen LogP contribution < -0.4 is 0 Å². The summed E-state index contributed by atoms with van der Waals surface area (Å²) in [4.78, 5) is 0. The molecule has 0 rings (SSSR count). The molecule has 0 atom stereocenters. The smallest absolute Gasteiger partial charge is 0.323 e. The molecule has 0 saturated heterocycles. The zero-order chi connectivity index (χ0) is 3.58. The van der Waals surface area contributed by atoms with Crippen molar-refractivity contribution in [3.05, 3.63) is 5.92 Å². The Morgan fingerprint density at radius 2 is 1.00 bits per heavy atom. The minimum absolute atomic E-state index is 0. The van der Waals surface area contributed by atoms with Gasteiger partial charge in [0.15, 0.2) is 0 Å². The van der Waals surface area contributed by atoms with Gasteiger partial charge in [0, 0.05) is 19.5 Å². The molecule has 0 saturated carbocycles. The second-order valence-electron chi connectivity index (χ2n) is 1.50. The van der Waals surface area contributed by atoms with E-state index in [1.54, 1.807) is 0 Å². The second-order valence-corrected chi connectivity index (χ2v) is 1.50. The first kappa shape index (κ1) is 15.7. The molecule has 0 spiro atoms. The third kappa shape index (κ3) is 60.9. The topological polar surface area (TPSA) is 0 Å². The van der Waals surface area contributed by atoms with Crippen LogP contribution >= 0.6 is 0 Å². The fourth-order valence-electron chi connectivity index (χ4n) is 0. The summed E-state index contributed by atoms with van der Waals surface area (Å²) in [6.07, 6.45) is 0. The summed E-state index contributed by atoms with van der Waals surface area (Å²) in [7, 11) is 0. The summed E-state index contributed by atoms with van der Waals surface area (Å²) in [6, 6.07) is 0. The van der Waals surface area contributed by atoms with E-state index in [9.17, 15) is 0 Å². The van der Waals surface area contributed by atoms with E-state index >= 15 is 0 Å². The Balaban J connectivity index is -0.0000000450. The van der Waals surface area contributed by atoms with Gasteiger partial charge in [-0.2, -0.15) is 20.8 Å². The molecule has 0 nitrogen and oxygen atoms in total. The number of rotatable bonds is 0. The molecule has 6 heavy (non-hydrogen) atoms. The minimum Gasteiger partial charge on any atom is -0.323 e. The molecule has 0 aliphatic heterocycles. The van der Waals surface area contributed by atoms with E-state index < -0.39 is 0 Å². The van der Waals surface area contributed by atoms with E-state index in [0.717, 1.165) is 0 Å². The first-order valence-corrected chi connectivity index (χ1v) is 1.50. The largest absolute Gasteiger partial charge is 1.00 e. The Morgan fingerprint density at radius 3 is 1.00 bits per heavy atom. The van der Waals surface area contributed by atoms with Gasteiger partial charge >= 0.3 is 19.5 Å². The monoisotopic (exact) mass is 261 g/mol. The summed E-state index contributed by atoms with van der Waals surface area (Å²) in [5.74, 6) is 1.42. The van der Waals surface area contributed by atoms with Crippen molar-refractivity contribution in [3.8, 4) is 0 Å². The van der Waals surface area contributed by atoms with Gasteiger partial charge in [0.1, 0.15) is 0 Å².